The Morgan fingerprint density at radius 2 is 0.857 bits per heavy atom. The van der Waals surface area contributed by atoms with E-state index in [0.717, 1.165) is 22.1 Å². The van der Waals surface area contributed by atoms with Crippen LogP contribution in [0.3, 0.4) is 0 Å². The monoisotopic (exact) mass is 469 g/mol. The molecule has 0 aliphatic rings. The van der Waals surface area contributed by atoms with Gasteiger partial charge in [-0.1, -0.05) is 109 Å². The smallest absolute Gasteiger partial charge is 0.164 e. The van der Waals surface area contributed by atoms with E-state index in [0.29, 0.717) is 22.5 Å². The van der Waals surface area contributed by atoms with Crippen molar-refractivity contribution < 1.29 is 0 Å². The predicted octanol–water partition coefficient (Wildman–Crippen LogP) is 8.35. The Morgan fingerprint density at radius 3 is 1.49 bits per heavy atom. The molecule has 0 saturated heterocycles. The molecule has 0 aliphatic carbocycles. The third-order valence-corrected chi connectivity index (χ3v) is 6.19. The van der Waals surface area contributed by atoms with E-state index >= 15 is 0 Å². The summed E-state index contributed by atoms with van der Waals surface area (Å²) in [5.41, 5.74) is 5.13. The zero-order valence-corrected chi connectivity index (χ0v) is 19.5. The minimum atomic E-state index is 0.593. The van der Waals surface area contributed by atoms with Gasteiger partial charge in [0.15, 0.2) is 17.5 Å². The molecule has 0 amide bonds. The second-order valence-corrected chi connectivity index (χ2v) is 8.76. The maximum Gasteiger partial charge on any atom is 0.164 e. The van der Waals surface area contributed by atoms with Gasteiger partial charge >= 0.3 is 0 Å². The van der Waals surface area contributed by atoms with Crippen molar-refractivity contribution >= 4 is 22.4 Å². The van der Waals surface area contributed by atoms with Crippen molar-refractivity contribution in [3.05, 3.63) is 126 Å². The molecule has 0 aliphatic heterocycles. The number of benzene rings is 5. The van der Waals surface area contributed by atoms with Gasteiger partial charge in [-0.2, -0.15) is 0 Å². The van der Waals surface area contributed by atoms with E-state index in [4.69, 9.17) is 26.6 Å². The van der Waals surface area contributed by atoms with Crippen molar-refractivity contribution in [1.29, 1.82) is 0 Å². The lowest BCUT2D eigenvalue weighted by atomic mass is 10.00. The fourth-order valence-corrected chi connectivity index (χ4v) is 4.36. The zero-order chi connectivity index (χ0) is 23.6. The normalized spacial score (nSPS) is 11.0. The van der Waals surface area contributed by atoms with Crippen molar-refractivity contribution in [3.8, 4) is 45.3 Å². The van der Waals surface area contributed by atoms with Gasteiger partial charge < -0.3 is 0 Å². The van der Waals surface area contributed by atoms with Gasteiger partial charge in [0, 0.05) is 21.7 Å². The van der Waals surface area contributed by atoms with Gasteiger partial charge in [-0.05, 0) is 46.2 Å². The Hall–Kier alpha value is -4.34. The van der Waals surface area contributed by atoms with E-state index in [2.05, 4.69) is 60.7 Å². The molecule has 35 heavy (non-hydrogen) atoms. The third kappa shape index (κ3) is 4.42. The van der Waals surface area contributed by atoms with Gasteiger partial charge in [-0.25, -0.2) is 15.0 Å². The SMILES string of the molecule is Clc1cccc(-c2nc(-c3ccccc3)nc(-c3ccc4cc(-c5ccccc5)ccc4c3)n2)c1. The maximum atomic E-state index is 6.26. The third-order valence-electron chi connectivity index (χ3n) is 5.96. The van der Waals surface area contributed by atoms with Crippen LogP contribution >= 0.6 is 11.6 Å². The summed E-state index contributed by atoms with van der Waals surface area (Å²) in [6.07, 6.45) is 0. The van der Waals surface area contributed by atoms with Crippen molar-refractivity contribution in [2.45, 2.75) is 0 Å². The highest BCUT2D eigenvalue weighted by Gasteiger charge is 2.13. The molecule has 3 nitrogen and oxygen atoms in total. The van der Waals surface area contributed by atoms with Gasteiger partial charge in [-0.15, -0.1) is 0 Å². The molecular weight excluding hydrogens is 450 g/mol. The molecule has 0 fully saturated rings. The van der Waals surface area contributed by atoms with Crippen LogP contribution in [-0.2, 0) is 0 Å². The Bertz CT molecular complexity index is 1650. The van der Waals surface area contributed by atoms with E-state index < -0.39 is 0 Å². The van der Waals surface area contributed by atoms with Gasteiger partial charge in [0.25, 0.3) is 0 Å². The second-order valence-electron chi connectivity index (χ2n) is 8.33. The van der Waals surface area contributed by atoms with Crippen molar-refractivity contribution in [2.75, 3.05) is 0 Å². The lowest BCUT2D eigenvalue weighted by Gasteiger charge is -2.10. The first-order valence-corrected chi connectivity index (χ1v) is 11.8. The van der Waals surface area contributed by atoms with Crippen molar-refractivity contribution in [1.82, 2.24) is 15.0 Å². The molecule has 0 spiro atoms. The number of rotatable bonds is 4. The molecule has 0 N–H and O–H groups in total. The van der Waals surface area contributed by atoms with Crippen LogP contribution in [0.15, 0.2) is 121 Å². The molecule has 4 heteroatoms. The quantitative estimate of drug-likeness (QED) is 0.260. The molecule has 0 atom stereocenters. The average molecular weight is 470 g/mol. The molecule has 0 radical (unpaired) electrons. The zero-order valence-electron chi connectivity index (χ0n) is 18.8. The summed E-state index contributed by atoms with van der Waals surface area (Å²) in [7, 11) is 0. The Morgan fingerprint density at radius 1 is 0.371 bits per heavy atom. The molecule has 166 valence electrons. The molecule has 0 bridgehead atoms. The molecule has 6 rings (SSSR count). The van der Waals surface area contributed by atoms with Crippen LogP contribution in [0.2, 0.25) is 5.02 Å². The number of fused-ring (bicyclic) bond motifs is 1. The number of aromatic nitrogens is 3. The van der Waals surface area contributed by atoms with Crippen LogP contribution in [-0.4, -0.2) is 15.0 Å². The lowest BCUT2D eigenvalue weighted by Crippen LogP contribution is -2.00. The average Bonchev–Trinajstić information content (AvgIpc) is 2.93. The highest BCUT2D eigenvalue weighted by atomic mass is 35.5. The maximum absolute atomic E-state index is 6.26. The summed E-state index contributed by atoms with van der Waals surface area (Å²) >= 11 is 6.26. The number of hydrogen-bond acceptors (Lipinski definition) is 3. The van der Waals surface area contributed by atoms with Crippen LogP contribution in [0.25, 0.3) is 56.1 Å². The van der Waals surface area contributed by atoms with E-state index in [1.54, 1.807) is 0 Å². The summed E-state index contributed by atoms with van der Waals surface area (Å²) in [4.78, 5) is 14.4. The predicted molar refractivity (Wildman–Crippen MR) is 144 cm³/mol. The second kappa shape index (κ2) is 9.13. The van der Waals surface area contributed by atoms with Crippen molar-refractivity contribution in [2.24, 2.45) is 0 Å². The van der Waals surface area contributed by atoms with Gasteiger partial charge in [-0.3, -0.25) is 0 Å². The Balaban J connectivity index is 1.47. The molecule has 1 heterocycles. The molecule has 1 aromatic heterocycles. The van der Waals surface area contributed by atoms with Crippen molar-refractivity contribution in [3.63, 3.8) is 0 Å². The minimum Gasteiger partial charge on any atom is -0.208 e. The number of halogens is 1. The molecule has 6 aromatic rings. The highest BCUT2D eigenvalue weighted by molar-refractivity contribution is 6.30. The molecule has 5 aromatic carbocycles. The Kier molecular flexibility index (Phi) is 5.53. The lowest BCUT2D eigenvalue weighted by molar-refractivity contribution is 1.07. The highest BCUT2D eigenvalue weighted by Crippen LogP contribution is 2.30. The van der Waals surface area contributed by atoms with Crippen LogP contribution in [0, 0.1) is 0 Å². The van der Waals surface area contributed by atoms with E-state index in [-0.39, 0.29) is 0 Å². The summed E-state index contributed by atoms with van der Waals surface area (Å²) in [5.74, 6) is 1.85. The van der Waals surface area contributed by atoms with Gasteiger partial charge in [0.2, 0.25) is 0 Å². The largest absolute Gasteiger partial charge is 0.208 e. The summed E-state index contributed by atoms with van der Waals surface area (Å²) in [6, 6.07) is 40.8. The van der Waals surface area contributed by atoms with E-state index in [1.807, 2.05) is 60.7 Å². The summed E-state index contributed by atoms with van der Waals surface area (Å²) < 4.78 is 0. The van der Waals surface area contributed by atoms with E-state index in [1.165, 1.54) is 16.5 Å². The number of nitrogens with zero attached hydrogens (tertiary/aromatic N) is 3. The van der Waals surface area contributed by atoms with Crippen LogP contribution < -0.4 is 0 Å². The Labute approximate surface area is 208 Å². The molecule has 0 unspecified atom stereocenters. The first-order valence-electron chi connectivity index (χ1n) is 11.4. The summed E-state index contributed by atoms with van der Waals surface area (Å²) in [5, 5.41) is 2.95. The molecule has 0 saturated carbocycles. The van der Waals surface area contributed by atoms with Crippen LogP contribution in [0.5, 0.6) is 0 Å². The van der Waals surface area contributed by atoms with Crippen LogP contribution in [0.1, 0.15) is 0 Å². The fourth-order valence-electron chi connectivity index (χ4n) is 4.17. The minimum absolute atomic E-state index is 0.593. The van der Waals surface area contributed by atoms with E-state index in [9.17, 15) is 0 Å². The van der Waals surface area contributed by atoms with Crippen LogP contribution in [0.4, 0.5) is 0 Å². The summed E-state index contributed by atoms with van der Waals surface area (Å²) in [6.45, 7) is 0. The van der Waals surface area contributed by atoms with Gasteiger partial charge in [0.05, 0.1) is 0 Å². The standard InChI is InChI=1S/C31H20ClN3/c32-28-13-7-12-26(20-28)30-33-29(22-10-5-2-6-11-22)34-31(35-30)27-17-16-24-18-23(14-15-25(24)19-27)21-8-3-1-4-9-21/h1-20H. The number of hydrogen-bond donors (Lipinski definition) is 0. The molecular formula is C31H20ClN3. The fraction of sp³-hybridized carbons (Fsp3) is 0. The topological polar surface area (TPSA) is 38.7 Å². The first-order chi connectivity index (χ1) is 17.2. The van der Waals surface area contributed by atoms with Gasteiger partial charge in [0.1, 0.15) is 0 Å². The first kappa shape index (κ1) is 21.2.